The van der Waals surface area contributed by atoms with E-state index in [2.05, 4.69) is 13.8 Å². The van der Waals surface area contributed by atoms with E-state index in [0.29, 0.717) is 12.3 Å². The second-order valence-electron chi connectivity index (χ2n) is 6.27. The maximum Gasteiger partial charge on any atom is 0.0842 e. The molecule has 3 atom stereocenters. The van der Waals surface area contributed by atoms with Crippen molar-refractivity contribution in [1.82, 2.24) is 0 Å². The summed E-state index contributed by atoms with van der Waals surface area (Å²) in [6.45, 7) is 6.10. The van der Waals surface area contributed by atoms with E-state index >= 15 is 0 Å². The Bertz CT molecular complexity index is 224. The minimum atomic E-state index is -0.694. The maximum atomic E-state index is 10.2. The average Bonchev–Trinajstić information content (AvgIpc) is 2.27. The van der Waals surface area contributed by atoms with E-state index < -0.39 is 12.2 Å². The van der Waals surface area contributed by atoms with Crippen molar-refractivity contribution in [3.05, 3.63) is 0 Å². The Morgan fingerprint density at radius 3 is 2.06 bits per heavy atom. The topological polar surface area (TPSA) is 66.5 Å². The largest absolute Gasteiger partial charge is 0.390 e. The summed E-state index contributed by atoms with van der Waals surface area (Å²) < 4.78 is 0. The van der Waals surface area contributed by atoms with Crippen molar-refractivity contribution in [3.63, 3.8) is 0 Å². The van der Waals surface area contributed by atoms with E-state index in [4.69, 9.17) is 5.73 Å². The molecule has 1 fully saturated rings. The minimum Gasteiger partial charge on any atom is -0.390 e. The Morgan fingerprint density at radius 2 is 1.59 bits per heavy atom. The van der Waals surface area contributed by atoms with Crippen LogP contribution in [0.1, 0.15) is 59.3 Å². The fourth-order valence-electron chi connectivity index (χ4n) is 2.96. The molecule has 0 amide bonds. The molecule has 0 radical (unpaired) electrons. The Balaban J connectivity index is 2.57. The summed E-state index contributed by atoms with van der Waals surface area (Å²) in [6.07, 6.45) is 4.78. The van der Waals surface area contributed by atoms with Crippen LogP contribution in [0.5, 0.6) is 0 Å². The zero-order chi connectivity index (χ0) is 13.1. The van der Waals surface area contributed by atoms with Crippen LogP contribution in [0.4, 0.5) is 0 Å². The average molecular weight is 243 g/mol. The quantitative estimate of drug-likeness (QED) is 0.692. The molecule has 1 aliphatic rings. The van der Waals surface area contributed by atoms with E-state index in [1.54, 1.807) is 0 Å². The molecule has 17 heavy (non-hydrogen) atoms. The molecule has 1 rings (SSSR count). The molecule has 0 unspecified atom stereocenters. The molecule has 4 N–H and O–H groups in total. The van der Waals surface area contributed by atoms with Crippen molar-refractivity contribution in [2.45, 2.75) is 77.0 Å². The first-order valence-electron chi connectivity index (χ1n) is 7.02. The summed E-state index contributed by atoms with van der Waals surface area (Å²) in [5, 5.41) is 20.2. The van der Waals surface area contributed by atoms with Gasteiger partial charge in [0.25, 0.3) is 0 Å². The number of aliphatic hydroxyl groups is 2. The Kier molecular flexibility index (Phi) is 5.42. The second kappa shape index (κ2) is 6.17. The second-order valence-corrected chi connectivity index (χ2v) is 6.27. The highest BCUT2D eigenvalue weighted by Gasteiger charge is 2.39. The molecule has 102 valence electrons. The number of rotatable bonds is 5. The molecule has 0 bridgehead atoms. The highest BCUT2D eigenvalue weighted by molar-refractivity contribution is 4.96. The first kappa shape index (κ1) is 14.9. The van der Waals surface area contributed by atoms with Gasteiger partial charge in [0.15, 0.2) is 0 Å². The Labute approximate surface area is 105 Å². The van der Waals surface area contributed by atoms with Gasteiger partial charge in [-0.3, -0.25) is 0 Å². The summed E-state index contributed by atoms with van der Waals surface area (Å²) in [6, 6.07) is 0. The Morgan fingerprint density at radius 1 is 1.06 bits per heavy atom. The van der Waals surface area contributed by atoms with Gasteiger partial charge in [-0.2, -0.15) is 0 Å². The van der Waals surface area contributed by atoms with E-state index in [9.17, 15) is 10.2 Å². The van der Waals surface area contributed by atoms with Gasteiger partial charge in [-0.05, 0) is 25.2 Å². The monoisotopic (exact) mass is 243 g/mol. The molecule has 3 nitrogen and oxygen atoms in total. The van der Waals surface area contributed by atoms with Crippen LogP contribution in [0.25, 0.3) is 0 Å². The van der Waals surface area contributed by atoms with Gasteiger partial charge in [-0.1, -0.05) is 40.0 Å². The maximum absolute atomic E-state index is 10.2. The van der Waals surface area contributed by atoms with Crippen LogP contribution >= 0.6 is 0 Å². The van der Waals surface area contributed by atoms with Gasteiger partial charge in [-0.25, -0.2) is 0 Å². The molecule has 0 heterocycles. The molecule has 1 saturated carbocycles. The van der Waals surface area contributed by atoms with E-state index in [0.717, 1.165) is 25.7 Å². The van der Waals surface area contributed by atoms with E-state index in [-0.39, 0.29) is 11.5 Å². The van der Waals surface area contributed by atoms with Crippen LogP contribution in [0.2, 0.25) is 0 Å². The zero-order valence-corrected chi connectivity index (χ0v) is 11.5. The van der Waals surface area contributed by atoms with Crippen molar-refractivity contribution in [1.29, 1.82) is 0 Å². The third kappa shape index (κ3) is 3.94. The molecule has 0 aromatic rings. The molecular formula is C14H29NO2. The summed E-state index contributed by atoms with van der Waals surface area (Å²) in [7, 11) is 0. The Hall–Kier alpha value is -0.120. The van der Waals surface area contributed by atoms with Crippen molar-refractivity contribution in [3.8, 4) is 0 Å². The van der Waals surface area contributed by atoms with Crippen LogP contribution in [0, 0.1) is 11.8 Å². The lowest BCUT2D eigenvalue weighted by molar-refractivity contribution is -0.0478. The molecule has 0 spiro atoms. The summed E-state index contributed by atoms with van der Waals surface area (Å²) in [5.74, 6) is 0.364. The lowest BCUT2D eigenvalue weighted by Crippen LogP contribution is -2.54. The van der Waals surface area contributed by atoms with Crippen molar-refractivity contribution < 1.29 is 10.2 Å². The molecule has 0 saturated heterocycles. The van der Waals surface area contributed by atoms with E-state index in [1.165, 1.54) is 6.42 Å². The van der Waals surface area contributed by atoms with Gasteiger partial charge in [0.05, 0.1) is 12.2 Å². The molecule has 0 aliphatic heterocycles. The third-order valence-corrected chi connectivity index (χ3v) is 4.31. The highest BCUT2D eigenvalue weighted by atomic mass is 16.3. The van der Waals surface area contributed by atoms with Crippen molar-refractivity contribution in [2.24, 2.45) is 17.6 Å². The number of nitrogens with two attached hydrogens (primary N) is 1. The summed E-state index contributed by atoms with van der Waals surface area (Å²) >= 11 is 0. The summed E-state index contributed by atoms with van der Waals surface area (Å²) in [4.78, 5) is 0. The lowest BCUT2D eigenvalue weighted by atomic mass is 9.71. The van der Waals surface area contributed by atoms with Crippen LogP contribution in [-0.2, 0) is 0 Å². The van der Waals surface area contributed by atoms with Crippen LogP contribution in [0.3, 0.4) is 0 Å². The van der Waals surface area contributed by atoms with Gasteiger partial charge < -0.3 is 15.9 Å². The molecule has 0 aromatic carbocycles. The lowest BCUT2D eigenvalue weighted by Gasteiger charge is -2.42. The van der Waals surface area contributed by atoms with Crippen molar-refractivity contribution >= 4 is 0 Å². The normalized spacial score (nSPS) is 25.6. The van der Waals surface area contributed by atoms with Crippen molar-refractivity contribution in [2.75, 3.05) is 0 Å². The van der Waals surface area contributed by atoms with Gasteiger partial charge >= 0.3 is 0 Å². The number of hydrogen-bond donors (Lipinski definition) is 3. The standard InChI is InChI=1S/C14H29NO2/c1-10(2)9-12(16)13(17)11(3)14(15)7-5-4-6-8-14/h10-13,16-17H,4-9,15H2,1-3H3/t11-,12+,13-/m1/s1. The predicted octanol–water partition coefficient (Wildman–Crippen LogP) is 2.05. The molecule has 0 aromatic heterocycles. The van der Waals surface area contributed by atoms with E-state index in [1.807, 2.05) is 6.92 Å². The fourth-order valence-corrected chi connectivity index (χ4v) is 2.96. The van der Waals surface area contributed by atoms with Gasteiger partial charge in [0.1, 0.15) is 0 Å². The highest BCUT2D eigenvalue weighted by Crippen LogP contribution is 2.35. The zero-order valence-electron chi connectivity index (χ0n) is 11.5. The predicted molar refractivity (Wildman–Crippen MR) is 70.6 cm³/mol. The first-order chi connectivity index (χ1) is 7.87. The smallest absolute Gasteiger partial charge is 0.0842 e. The van der Waals surface area contributed by atoms with Gasteiger partial charge in [-0.15, -0.1) is 0 Å². The molecule has 1 aliphatic carbocycles. The van der Waals surface area contributed by atoms with Gasteiger partial charge in [0, 0.05) is 11.5 Å². The SMILES string of the molecule is CC(C)C[C@H](O)[C@H](O)[C@@H](C)C1(N)CCCCC1. The summed E-state index contributed by atoms with van der Waals surface area (Å²) in [5.41, 5.74) is 6.12. The number of hydrogen-bond acceptors (Lipinski definition) is 3. The molecular weight excluding hydrogens is 214 g/mol. The minimum absolute atomic E-state index is 0.0310. The van der Waals surface area contributed by atoms with Crippen LogP contribution < -0.4 is 5.73 Å². The van der Waals surface area contributed by atoms with Gasteiger partial charge in [0.2, 0.25) is 0 Å². The first-order valence-corrected chi connectivity index (χ1v) is 7.02. The van der Waals surface area contributed by atoms with Crippen LogP contribution in [-0.4, -0.2) is 28.0 Å². The third-order valence-electron chi connectivity index (χ3n) is 4.31. The van der Waals surface area contributed by atoms with Crippen LogP contribution in [0.15, 0.2) is 0 Å². The fraction of sp³-hybridized carbons (Fsp3) is 1.00. The number of aliphatic hydroxyl groups excluding tert-OH is 2. The molecule has 3 heteroatoms.